The minimum Gasteiger partial charge on any atom is -0.308 e. The Morgan fingerprint density at radius 2 is 1.94 bits per heavy atom. The van der Waals surface area contributed by atoms with Gasteiger partial charge in [0.2, 0.25) is 0 Å². The predicted octanol–water partition coefficient (Wildman–Crippen LogP) is 2.36. The maximum absolute atomic E-state index is 12.0. The number of benzene rings is 1. The van der Waals surface area contributed by atoms with Crippen molar-refractivity contribution < 1.29 is 18.5 Å². The van der Waals surface area contributed by atoms with Crippen LogP contribution in [-0.4, -0.2) is 19.1 Å². The summed E-state index contributed by atoms with van der Waals surface area (Å²) in [6.07, 6.45) is 0. The average molecular weight is 266 g/mol. The lowest BCUT2D eigenvalue weighted by Gasteiger charge is -2.13. The zero-order valence-corrected chi connectivity index (χ0v) is 10.2. The van der Waals surface area contributed by atoms with Gasteiger partial charge in [-0.1, -0.05) is 11.6 Å². The monoisotopic (exact) mass is 265 g/mol. The second-order valence-corrected chi connectivity index (χ2v) is 5.40. The highest BCUT2D eigenvalue weighted by Crippen LogP contribution is 2.47. The Bertz CT molecular complexity index is 456. The van der Waals surface area contributed by atoms with E-state index in [1.54, 1.807) is 0 Å². The van der Waals surface area contributed by atoms with Gasteiger partial charge in [-0.05, 0) is 12.1 Å². The van der Waals surface area contributed by atoms with Crippen LogP contribution in [0.1, 0.15) is 0 Å². The molecule has 0 fully saturated rings. The van der Waals surface area contributed by atoms with Crippen LogP contribution in [0.5, 0.6) is 0 Å². The normalized spacial score (nSPS) is 11.4. The van der Waals surface area contributed by atoms with Gasteiger partial charge in [-0.2, -0.15) is 0 Å². The largest absolute Gasteiger partial charge is 0.367 e. The van der Waals surface area contributed by atoms with Crippen molar-refractivity contribution >= 4 is 30.2 Å². The highest BCUT2D eigenvalue weighted by molar-refractivity contribution is 7.62. The molecule has 0 bridgehead atoms. The quantitative estimate of drug-likeness (QED) is 0.474. The standard InChI is InChI=1S/C8H9ClNO5P/c1-14-16(13,15-2)8-4-3-6(9)5-7(8)10(11)12/h3-5H,1-2H3. The van der Waals surface area contributed by atoms with Gasteiger partial charge >= 0.3 is 7.60 Å². The smallest absolute Gasteiger partial charge is 0.308 e. The van der Waals surface area contributed by atoms with Gasteiger partial charge in [0.05, 0.1) is 4.92 Å². The molecule has 0 aromatic heterocycles. The van der Waals surface area contributed by atoms with Crippen molar-refractivity contribution in [3.63, 3.8) is 0 Å². The molecule has 1 rings (SSSR count). The number of rotatable bonds is 4. The minimum absolute atomic E-state index is 0.119. The Morgan fingerprint density at radius 1 is 1.38 bits per heavy atom. The van der Waals surface area contributed by atoms with Gasteiger partial charge in [-0.25, -0.2) is 0 Å². The van der Waals surface area contributed by atoms with E-state index >= 15 is 0 Å². The number of nitro benzene ring substituents is 1. The molecule has 0 heterocycles. The molecule has 0 saturated carbocycles. The summed E-state index contributed by atoms with van der Waals surface area (Å²) in [5, 5.41) is 10.8. The Morgan fingerprint density at radius 3 is 2.38 bits per heavy atom. The third kappa shape index (κ3) is 2.41. The van der Waals surface area contributed by atoms with Crippen LogP contribution in [0.4, 0.5) is 5.69 Å². The van der Waals surface area contributed by atoms with Crippen LogP contribution in [0.25, 0.3) is 0 Å². The lowest BCUT2D eigenvalue weighted by Crippen LogP contribution is -2.12. The molecule has 0 atom stereocenters. The van der Waals surface area contributed by atoms with Crippen molar-refractivity contribution in [2.75, 3.05) is 14.2 Å². The summed E-state index contributed by atoms with van der Waals surface area (Å²) in [7, 11) is -1.33. The number of nitro groups is 1. The van der Waals surface area contributed by atoms with Crippen molar-refractivity contribution in [3.8, 4) is 0 Å². The lowest BCUT2D eigenvalue weighted by molar-refractivity contribution is -0.383. The highest BCUT2D eigenvalue weighted by atomic mass is 35.5. The van der Waals surface area contributed by atoms with Crippen molar-refractivity contribution in [2.45, 2.75) is 0 Å². The molecule has 0 unspecified atom stereocenters. The lowest BCUT2D eigenvalue weighted by atomic mass is 10.3. The van der Waals surface area contributed by atoms with E-state index in [1.165, 1.54) is 12.1 Å². The van der Waals surface area contributed by atoms with E-state index in [9.17, 15) is 14.7 Å². The van der Waals surface area contributed by atoms with Crippen LogP contribution in [0.15, 0.2) is 18.2 Å². The zero-order chi connectivity index (χ0) is 12.3. The van der Waals surface area contributed by atoms with Gasteiger partial charge in [-0.15, -0.1) is 0 Å². The molecule has 0 spiro atoms. The van der Waals surface area contributed by atoms with E-state index < -0.39 is 12.5 Å². The summed E-state index contributed by atoms with van der Waals surface area (Å²) in [5.41, 5.74) is -0.389. The molecule has 0 aliphatic carbocycles. The molecular weight excluding hydrogens is 257 g/mol. The van der Waals surface area contributed by atoms with Crippen molar-refractivity contribution in [2.24, 2.45) is 0 Å². The molecule has 0 aliphatic rings. The third-order valence-electron chi connectivity index (χ3n) is 1.91. The molecule has 0 amide bonds. The topological polar surface area (TPSA) is 78.7 Å². The van der Waals surface area contributed by atoms with Gasteiger partial charge in [-0.3, -0.25) is 14.7 Å². The number of hydrogen-bond acceptors (Lipinski definition) is 5. The molecule has 88 valence electrons. The van der Waals surface area contributed by atoms with Crippen molar-refractivity contribution in [3.05, 3.63) is 33.3 Å². The fraction of sp³-hybridized carbons (Fsp3) is 0.250. The Labute approximate surface area is 96.8 Å². The summed E-state index contributed by atoms with van der Waals surface area (Å²) in [6, 6.07) is 3.74. The maximum Gasteiger partial charge on any atom is 0.367 e. The van der Waals surface area contributed by atoms with E-state index in [4.69, 9.17) is 11.6 Å². The number of hydrogen-bond donors (Lipinski definition) is 0. The molecule has 0 saturated heterocycles. The average Bonchev–Trinajstić information content (AvgIpc) is 2.27. The molecule has 0 radical (unpaired) electrons. The minimum atomic E-state index is -3.65. The first kappa shape index (κ1) is 13.1. The number of nitrogens with zero attached hydrogens (tertiary/aromatic N) is 1. The van der Waals surface area contributed by atoms with Gasteiger partial charge in [0.25, 0.3) is 5.69 Å². The fourth-order valence-corrected chi connectivity index (χ4v) is 2.54. The van der Waals surface area contributed by atoms with E-state index in [0.29, 0.717) is 0 Å². The first-order valence-electron chi connectivity index (χ1n) is 4.10. The highest BCUT2D eigenvalue weighted by Gasteiger charge is 2.33. The summed E-state index contributed by atoms with van der Waals surface area (Å²) >= 11 is 5.62. The first-order chi connectivity index (χ1) is 7.44. The first-order valence-corrected chi connectivity index (χ1v) is 6.02. The molecule has 0 aliphatic heterocycles. The molecule has 1 aromatic carbocycles. The van der Waals surface area contributed by atoms with Crippen LogP contribution in [0.3, 0.4) is 0 Å². The Balaban J connectivity index is 3.44. The van der Waals surface area contributed by atoms with Crippen LogP contribution >= 0.6 is 19.2 Å². The summed E-state index contributed by atoms with van der Waals surface area (Å²) < 4.78 is 21.4. The molecule has 16 heavy (non-hydrogen) atoms. The van der Waals surface area contributed by atoms with Gasteiger partial charge in [0.1, 0.15) is 5.30 Å². The predicted molar refractivity (Wildman–Crippen MR) is 59.4 cm³/mol. The van der Waals surface area contributed by atoms with Crippen LogP contribution in [0.2, 0.25) is 5.02 Å². The summed E-state index contributed by atoms with van der Waals surface area (Å²) in [5.74, 6) is 0. The third-order valence-corrected chi connectivity index (χ3v) is 4.07. The van der Waals surface area contributed by atoms with Crippen molar-refractivity contribution in [1.29, 1.82) is 0 Å². The van der Waals surface area contributed by atoms with Crippen LogP contribution in [0, 0.1) is 10.1 Å². The van der Waals surface area contributed by atoms with Gasteiger partial charge < -0.3 is 9.05 Å². The molecular formula is C8H9ClNO5P. The van der Waals surface area contributed by atoms with Gasteiger partial charge in [0.15, 0.2) is 0 Å². The second-order valence-electron chi connectivity index (χ2n) is 2.75. The maximum atomic E-state index is 12.0. The molecule has 8 heteroatoms. The molecule has 0 N–H and O–H groups in total. The summed E-state index contributed by atoms with van der Waals surface area (Å²) in [4.78, 5) is 10.1. The second kappa shape index (κ2) is 4.93. The van der Waals surface area contributed by atoms with Crippen LogP contribution < -0.4 is 5.30 Å². The zero-order valence-electron chi connectivity index (χ0n) is 8.55. The van der Waals surface area contributed by atoms with E-state index in [2.05, 4.69) is 9.05 Å². The fourth-order valence-electron chi connectivity index (χ4n) is 1.15. The van der Waals surface area contributed by atoms with E-state index in [-0.39, 0.29) is 16.0 Å². The SMILES string of the molecule is COP(=O)(OC)c1ccc(Cl)cc1[N+](=O)[O-]. The Hall–Kier alpha value is -0.940. The van der Waals surface area contributed by atoms with E-state index in [0.717, 1.165) is 20.3 Å². The van der Waals surface area contributed by atoms with E-state index in [1.807, 2.05) is 0 Å². The van der Waals surface area contributed by atoms with Crippen molar-refractivity contribution in [1.82, 2.24) is 0 Å². The molecule has 1 aromatic rings. The van der Waals surface area contributed by atoms with Gasteiger partial charge in [0, 0.05) is 25.3 Å². The number of halogens is 1. The summed E-state index contributed by atoms with van der Waals surface area (Å²) in [6.45, 7) is 0. The Kier molecular flexibility index (Phi) is 4.04. The molecule has 6 nitrogen and oxygen atoms in total. The van der Waals surface area contributed by atoms with Crippen LogP contribution in [-0.2, 0) is 13.6 Å².